The number of esters is 6. The number of hydrogen-bond donors (Lipinski definition) is 0. The van der Waals surface area contributed by atoms with E-state index in [-0.39, 0.29) is 64.7 Å². The molecule has 0 aliphatic rings. The van der Waals surface area contributed by atoms with Gasteiger partial charge in [0.15, 0.2) is 0 Å². The van der Waals surface area contributed by atoms with Gasteiger partial charge in [-0.2, -0.15) is 0 Å². The van der Waals surface area contributed by atoms with E-state index in [1.165, 1.54) is 38.5 Å². The number of ether oxygens (including phenoxy) is 4. The van der Waals surface area contributed by atoms with E-state index in [2.05, 4.69) is 38.2 Å². The van der Waals surface area contributed by atoms with Crippen molar-refractivity contribution >= 4 is 35.8 Å². The van der Waals surface area contributed by atoms with Crippen molar-refractivity contribution in [3.63, 3.8) is 0 Å². The summed E-state index contributed by atoms with van der Waals surface area (Å²) in [6.45, 7) is 8.02. The summed E-state index contributed by atoms with van der Waals surface area (Å²) >= 11 is 0. The van der Waals surface area contributed by atoms with Gasteiger partial charge in [0, 0.05) is 51.4 Å². The second-order valence-corrected chi connectivity index (χ2v) is 16.3. The fourth-order valence-corrected chi connectivity index (χ4v) is 6.79. The smallest absolute Gasteiger partial charge is 0.313 e. The molecule has 0 aromatic carbocycles. The lowest BCUT2D eigenvalue weighted by atomic mass is 10.1. The highest BCUT2D eigenvalue weighted by Gasteiger charge is 2.14. The van der Waals surface area contributed by atoms with Gasteiger partial charge in [0.05, 0.1) is 0 Å². The number of hydrogen-bond acceptors (Lipinski definition) is 10. The third kappa shape index (κ3) is 43.4. The van der Waals surface area contributed by atoms with Gasteiger partial charge in [-0.1, -0.05) is 157 Å². The van der Waals surface area contributed by atoms with Gasteiger partial charge in [-0.15, -0.1) is 0 Å². The quantitative estimate of drug-likeness (QED) is 0.0192. The summed E-state index contributed by atoms with van der Waals surface area (Å²) in [4.78, 5) is 71.8. The lowest BCUT2D eigenvalue weighted by Crippen LogP contribution is -2.17. The van der Waals surface area contributed by atoms with Crippen molar-refractivity contribution in [1.82, 2.24) is 0 Å². The summed E-state index contributed by atoms with van der Waals surface area (Å²) in [6, 6.07) is 0. The van der Waals surface area contributed by atoms with Gasteiger partial charge in [0.1, 0.15) is 12.2 Å². The van der Waals surface area contributed by atoms with Gasteiger partial charge < -0.3 is 18.9 Å². The first-order valence-corrected chi connectivity index (χ1v) is 24.3. The predicted molar refractivity (Wildman–Crippen MR) is 253 cm³/mol. The maximum atomic E-state index is 12.1. The molecule has 362 valence electrons. The van der Waals surface area contributed by atoms with Gasteiger partial charge in [0.2, 0.25) is 0 Å². The van der Waals surface area contributed by atoms with E-state index in [1.54, 1.807) is 0 Å². The lowest BCUT2D eigenvalue weighted by Gasteiger charge is -2.16. The van der Waals surface area contributed by atoms with Crippen molar-refractivity contribution in [3.05, 3.63) is 24.3 Å². The summed E-state index contributed by atoms with van der Waals surface area (Å²) in [5.41, 5.74) is 0. The van der Waals surface area contributed by atoms with Crippen molar-refractivity contribution in [3.8, 4) is 0 Å². The monoisotopic (exact) mass is 879 g/mol. The molecule has 0 spiro atoms. The second kappa shape index (κ2) is 47.2. The normalized spacial score (nSPS) is 12.0. The molecule has 0 amide bonds. The minimum absolute atomic E-state index is 0. The molecule has 2 atom stereocenters. The van der Waals surface area contributed by atoms with Crippen LogP contribution < -0.4 is 0 Å². The molecule has 0 saturated heterocycles. The zero-order valence-electron chi connectivity index (χ0n) is 38.6. The number of rotatable bonds is 41. The molecule has 0 heterocycles. The van der Waals surface area contributed by atoms with Crippen LogP contribution in [0.25, 0.3) is 0 Å². The second-order valence-electron chi connectivity index (χ2n) is 16.3. The Labute approximate surface area is 379 Å². The largest absolute Gasteiger partial charge is 0.462 e. The number of carbonyl (C=O) groups is 6. The van der Waals surface area contributed by atoms with Crippen molar-refractivity contribution in [2.24, 2.45) is 0 Å². The van der Waals surface area contributed by atoms with E-state index in [1.807, 2.05) is 13.8 Å². The van der Waals surface area contributed by atoms with E-state index < -0.39 is 23.9 Å². The molecule has 62 heavy (non-hydrogen) atoms. The van der Waals surface area contributed by atoms with Crippen LogP contribution in [0, 0.1) is 0 Å². The average molecular weight is 879 g/mol. The van der Waals surface area contributed by atoms with Crippen LogP contribution in [0.4, 0.5) is 0 Å². The molecule has 10 nitrogen and oxygen atoms in total. The Morgan fingerprint density at radius 2 is 0.645 bits per heavy atom. The van der Waals surface area contributed by atoms with Gasteiger partial charge in [-0.25, -0.2) is 0 Å². The highest BCUT2D eigenvalue weighted by atomic mass is 16.6. The molecule has 0 aromatic heterocycles. The summed E-state index contributed by atoms with van der Waals surface area (Å²) < 4.78 is 21.2. The number of allylic oxidation sites excluding steroid dienone is 2. The molecule has 0 bridgehead atoms. The van der Waals surface area contributed by atoms with Crippen LogP contribution in [0.5, 0.6) is 0 Å². The first kappa shape index (κ1) is 63.0. The van der Waals surface area contributed by atoms with Crippen LogP contribution in [0.3, 0.4) is 0 Å². The van der Waals surface area contributed by atoms with Crippen molar-refractivity contribution < 1.29 is 47.7 Å². The van der Waals surface area contributed by atoms with Crippen LogP contribution in [0.2, 0.25) is 0 Å². The molecule has 10 heteroatoms. The van der Waals surface area contributed by atoms with Gasteiger partial charge >= 0.3 is 35.8 Å². The Bertz CT molecular complexity index is 1090. The number of carbonyl (C=O) groups excluding carboxylic acids is 6. The van der Waals surface area contributed by atoms with Gasteiger partial charge in [0.25, 0.3) is 0 Å². The molecule has 0 aliphatic carbocycles. The molecule has 0 aromatic rings. The molecule has 0 N–H and O–H groups in total. The van der Waals surface area contributed by atoms with Gasteiger partial charge in [-0.05, 0) is 77.0 Å². The standard InChI is InChI=1S/C50H86O10.2CH4/c1-5-9-11-27-35-43(57-45(51)7-3)37-29-21-15-13-17-23-31-39-47(53)59-49(55)41-33-25-19-20-26-34-42-50(56)60-48(54)40-32-24-18-14-16-22-30-38-44(58-46(52)8-4)36-28-12-10-6-2;;/h21-22,29-30,43-44H,5-20,23-28,31-42H2,1-4H3;2*1H4/b29-21-,30-22-;;. The first-order valence-electron chi connectivity index (χ1n) is 24.3. The molecule has 0 aliphatic heterocycles. The highest BCUT2D eigenvalue weighted by Crippen LogP contribution is 2.16. The van der Waals surface area contributed by atoms with Crippen LogP contribution in [0.15, 0.2) is 24.3 Å². The van der Waals surface area contributed by atoms with Crippen LogP contribution in [0.1, 0.15) is 261 Å². The molecule has 0 rings (SSSR count). The summed E-state index contributed by atoms with van der Waals surface area (Å²) in [5.74, 6) is -2.12. The highest BCUT2D eigenvalue weighted by molar-refractivity contribution is 5.85. The van der Waals surface area contributed by atoms with E-state index in [4.69, 9.17) is 18.9 Å². The van der Waals surface area contributed by atoms with Gasteiger partial charge in [-0.3, -0.25) is 28.8 Å². The molecule has 2 unspecified atom stereocenters. The van der Waals surface area contributed by atoms with Crippen molar-refractivity contribution in [1.29, 1.82) is 0 Å². The summed E-state index contributed by atoms with van der Waals surface area (Å²) in [6.07, 6.45) is 36.8. The molecule has 0 fully saturated rings. The van der Waals surface area contributed by atoms with Crippen LogP contribution in [-0.4, -0.2) is 48.0 Å². The molecular weight excluding hydrogens is 785 g/mol. The Morgan fingerprint density at radius 1 is 0.355 bits per heavy atom. The van der Waals surface area contributed by atoms with Crippen molar-refractivity contribution in [2.45, 2.75) is 273 Å². The Hall–Kier alpha value is -3.30. The Balaban J connectivity index is -0.0000174. The minimum atomic E-state index is -0.468. The first-order chi connectivity index (χ1) is 29.1. The Kier molecular flexibility index (Phi) is 47.9. The fourth-order valence-electron chi connectivity index (χ4n) is 6.79. The van der Waals surface area contributed by atoms with E-state index >= 15 is 0 Å². The molecular formula is C52H94O10. The lowest BCUT2D eigenvalue weighted by molar-refractivity contribution is -0.161. The molecule has 0 radical (unpaired) electrons. The number of unbranched alkanes of at least 4 members (excludes halogenated alkanes) is 19. The summed E-state index contributed by atoms with van der Waals surface area (Å²) in [5, 5.41) is 0. The maximum Gasteiger partial charge on any atom is 0.313 e. The summed E-state index contributed by atoms with van der Waals surface area (Å²) in [7, 11) is 0. The van der Waals surface area contributed by atoms with E-state index in [9.17, 15) is 28.8 Å². The van der Waals surface area contributed by atoms with Crippen LogP contribution >= 0.6 is 0 Å². The maximum absolute atomic E-state index is 12.1. The third-order valence-electron chi connectivity index (χ3n) is 10.5. The predicted octanol–water partition coefficient (Wildman–Crippen LogP) is 14.7. The Morgan fingerprint density at radius 3 is 0.952 bits per heavy atom. The third-order valence-corrected chi connectivity index (χ3v) is 10.5. The van der Waals surface area contributed by atoms with E-state index in [0.29, 0.717) is 38.5 Å². The van der Waals surface area contributed by atoms with Crippen molar-refractivity contribution in [2.75, 3.05) is 0 Å². The van der Waals surface area contributed by atoms with Crippen LogP contribution in [-0.2, 0) is 47.7 Å². The van der Waals surface area contributed by atoms with E-state index in [0.717, 1.165) is 116 Å². The SMILES string of the molecule is C.C.CCCCCCC(C/C=C\CCCCCCC(=O)OC(=O)CCCCCCCCC(=O)OC(=O)CCCCCC/C=C\CC(CCCCCC)OC(=O)CC)OC(=O)CC. The average Bonchev–Trinajstić information content (AvgIpc) is 3.22. The zero-order valence-corrected chi connectivity index (χ0v) is 38.6. The zero-order chi connectivity index (χ0) is 44.3. The fraction of sp³-hybridized carbons (Fsp3) is 0.808. The minimum Gasteiger partial charge on any atom is -0.462 e. The molecule has 0 saturated carbocycles. The topological polar surface area (TPSA) is 139 Å².